The second-order valence-corrected chi connectivity index (χ2v) is 18.0. The highest BCUT2D eigenvalue weighted by atomic mass is 33.1. The molecule has 1 aromatic carbocycles. The van der Waals surface area contributed by atoms with Gasteiger partial charge in [-0.3, -0.25) is 19.9 Å². The van der Waals surface area contributed by atoms with E-state index in [2.05, 4.69) is 43.7 Å². The minimum Gasteiger partial charge on any atom is -0.433 e. The molecule has 1 fully saturated rings. The molecule has 0 spiro atoms. The van der Waals surface area contributed by atoms with Crippen LogP contribution in [0.3, 0.4) is 0 Å². The Morgan fingerprint density at radius 3 is 2.05 bits per heavy atom. The van der Waals surface area contributed by atoms with Crippen LogP contribution in [0.1, 0.15) is 20.8 Å². The molecule has 1 saturated heterocycles. The molecule has 1 aliphatic heterocycles. The van der Waals surface area contributed by atoms with Gasteiger partial charge in [-0.2, -0.15) is 0 Å². The highest BCUT2D eigenvalue weighted by Crippen LogP contribution is 2.36. The van der Waals surface area contributed by atoms with Gasteiger partial charge >= 0.3 is 6.16 Å². The fourth-order valence-corrected chi connectivity index (χ4v) is 6.03. The molecule has 0 atom stereocenters. The van der Waals surface area contributed by atoms with E-state index in [0.29, 0.717) is 12.4 Å². The van der Waals surface area contributed by atoms with Crippen LogP contribution in [0.4, 0.5) is 10.5 Å². The molecule has 38 heavy (non-hydrogen) atoms. The Balaban J connectivity index is 1.40. The summed E-state index contributed by atoms with van der Waals surface area (Å²) < 4.78 is 22.1. The normalized spacial score (nSPS) is 15.4. The van der Waals surface area contributed by atoms with Gasteiger partial charge in [0.15, 0.2) is 8.32 Å². The van der Waals surface area contributed by atoms with Crippen LogP contribution in [-0.2, 0) is 13.9 Å². The average molecular weight is 590 g/mol. The van der Waals surface area contributed by atoms with Crippen LogP contribution < -0.4 is 4.74 Å². The fourth-order valence-electron chi connectivity index (χ4n) is 3.31. The predicted octanol–water partition coefficient (Wildman–Crippen LogP) is 5.15. The first-order chi connectivity index (χ1) is 18.0. The van der Waals surface area contributed by atoms with Crippen LogP contribution in [0.2, 0.25) is 18.1 Å². The second kappa shape index (κ2) is 16.7. The molecular formula is C25H43N3O7S2Si. The van der Waals surface area contributed by atoms with Crippen molar-refractivity contribution in [3.8, 4) is 5.75 Å². The topological polar surface area (TPSA) is 104 Å². The van der Waals surface area contributed by atoms with E-state index in [4.69, 9.17) is 18.6 Å². The van der Waals surface area contributed by atoms with Crippen molar-refractivity contribution < 1.29 is 28.4 Å². The Kier molecular flexibility index (Phi) is 14.4. The molecule has 1 aromatic rings. The lowest BCUT2D eigenvalue weighted by molar-refractivity contribution is -0.384. The van der Waals surface area contributed by atoms with E-state index in [-0.39, 0.29) is 23.1 Å². The molecule has 0 saturated carbocycles. The molecule has 0 bridgehead atoms. The van der Waals surface area contributed by atoms with E-state index >= 15 is 0 Å². The third-order valence-corrected chi connectivity index (χ3v) is 13.6. The van der Waals surface area contributed by atoms with Gasteiger partial charge in [-0.15, -0.1) is 0 Å². The van der Waals surface area contributed by atoms with Crippen molar-refractivity contribution in [3.63, 3.8) is 0 Å². The number of nitrogens with zero attached hydrogens (tertiary/aromatic N) is 3. The van der Waals surface area contributed by atoms with Gasteiger partial charge in [-0.1, -0.05) is 42.4 Å². The first kappa shape index (κ1) is 32.9. The molecule has 13 heteroatoms. The molecule has 0 amide bonds. The summed E-state index contributed by atoms with van der Waals surface area (Å²) in [4.78, 5) is 26.8. The molecule has 1 heterocycles. The van der Waals surface area contributed by atoms with Gasteiger partial charge in [-0.25, -0.2) is 4.79 Å². The second-order valence-electron chi connectivity index (χ2n) is 10.5. The molecule has 0 aliphatic carbocycles. The maximum atomic E-state index is 11.7. The van der Waals surface area contributed by atoms with Gasteiger partial charge in [0, 0.05) is 69.5 Å². The van der Waals surface area contributed by atoms with Crippen LogP contribution in [0, 0.1) is 10.1 Å². The van der Waals surface area contributed by atoms with E-state index in [9.17, 15) is 14.9 Å². The predicted molar refractivity (Wildman–Crippen MR) is 157 cm³/mol. The Morgan fingerprint density at radius 2 is 1.50 bits per heavy atom. The maximum Gasteiger partial charge on any atom is 0.513 e. The maximum absolute atomic E-state index is 11.7. The van der Waals surface area contributed by atoms with Crippen LogP contribution >= 0.6 is 21.6 Å². The molecule has 0 aromatic heterocycles. The van der Waals surface area contributed by atoms with E-state index in [1.54, 1.807) is 21.6 Å². The Hall–Kier alpha value is -1.35. The van der Waals surface area contributed by atoms with Gasteiger partial charge in [0.2, 0.25) is 0 Å². The van der Waals surface area contributed by atoms with Crippen molar-refractivity contribution in [2.75, 3.05) is 77.2 Å². The van der Waals surface area contributed by atoms with Crippen molar-refractivity contribution in [1.29, 1.82) is 0 Å². The van der Waals surface area contributed by atoms with Crippen molar-refractivity contribution in [1.82, 2.24) is 9.80 Å². The smallest absolute Gasteiger partial charge is 0.433 e. The number of ether oxygens (including phenoxy) is 3. The zero-order chi connectivity index (χ0) is 28.0. The summed E-state index contributed by atoms with van der Waals surface area (Å²) in [5, 5.41) is 10.9. The van der Waals surface area contributed by atoms with Gasteiger partial charge in [0.25, 0.3) is 5.69 Å². The summed E-state index contributed by atoms with van der Waals surface area (Å²) in [7, 11) is 1.62. The van der Waals surface area contributed by atoms with Crippen molar-refractivity contribution in [2.24, 2.45) is 0 Å². The molecule has 216 valence electrons. The summed E-state index contributed by atoms with van der Waals surface area (Å²) in [6.07, 6.45) is -0.826. The molecule has 0 N–H and O–H groups in total. The summed E-state index contributed by atoms with van der Waals surface area (Å²) in [6.45, 7) is 20.2. The van der Waals surface area contributed by atoms with Gasteiger partial charge in [0.05, 0.1) is 18.1 Å². The zero-order valence-corrected chi connectivity index (χ0v) is 25.9. The van der Waals surface area contributed by atoms with Crippen LogP contribution in [0.5, 0.6) is 5.75 Å². The number of rotatable bonds is 16. The number of nitro benzene ring substituents is 1. The third-order valence-electron chi connectivity index (χ3n) is 6.72. The first-order valence-electron chi connectivity index (χ1n) is 13.0. The Morgan fingerprint density at radius 1 is 0.947 bits per heavy atom. The summed E-state index contributed by atoms with van der Waals surface area (Å²) >= 11 is 0. The van der Waals surface area contributed by atoms with Crippen LogP contribution in [0.15, 0.2) is 24.3 Å². The van der Waals surface area contributed by atoms with Gasteiger partial charge in [0.1, 0.15) is 12.4 Å². The zero-order valence-electron chi connectivity index (χ0n) is 23.3. The number of hydrogen-bond acceptors (Lipinski definition) is 11. The number of hydrogen-bond donors (Lipinski definition) is 0. The van der Waals surface area contributed by atoms with Crippen molar-refractivity contribution >= 4 is 41.7 Å². The Bertz CT molecular complexity index is 848. The number of non-ortho nitro benzene ring substituents is 1. The molecule has 10 nitrogen and oxygen atoms in total. The number of nitro groups is 1. The summed E-state index contributed by atoms with van der Waals surface area (Å²) in [5.74, 6) is 1.69. The molecular weight excluding hydrogens is 547 g/mol. The van der Waals surface area contributed by atoms with Crippen LogP contribution in [-0.4, -0.2) is 106 Å². The quantitative estimate of drug-likeness (QED) is 0.0486. The molecule has 1 aliphatic rings. The minimum absolute atomic E-state index is 0.0694. The van der Waals surface area contributed by atoms with Gasteiger partial charge < -0.3 is 18.6 Å². The number of carbonyl (C=O) groups is 1. The highest BCUT2D eigenvalue weighted by Gasteiger charge is 2.37. The van der Waals surface area contributed by atoms with Crippen LogP contribution in [0.25, 0.3) is 0 Å². The Labute approximate surface area is 235 Å². The molecule has 0 unspecified atom stereocenters. The molecule has 2 rings (SSSR count). The lowest BCUT2D eigenvalue weighted by Crippen LogP contribution is -2.49. The summed E-state index contributed by atoms with van der Waals surface area (Å²) in [5.41, 5.74) is -0.0694. The number of benzene rings is 1. The standard InChI is InChI=1S/C25H43N3O7S2Si/c1-25(2,3)38(4,5)34-17-15-27-12-10-26(11-13-27)14-16-32-18-20-36-37-21-19-33-24(29)35-23-8-6-22(7-9-23)28(30)31/h6-9H,10-21H2,1-5H3. The van der Waals surface area contributed by atoms with E-state index in [1.165, 1.54) is 24.3 Å². The van der Waals surface area contributed by atoms with Crippen molar-refractivity contribution in [2.45, 2.75) is 38.9 Å². The minimum atomic E-state index is -1.66. The lowest BCUT2D eigenvalue weighted by atomic mass is 10.2. The highest BCUT2D eigenvalue weighted by molar-refractivity contribution is 8.76. The summed E-state index contributed by atoms with van der Waals surface area (Å²) in [6, 6.07) is 5.25. The van der Waals surface area contributed by atoms with E-state index in [0.717, 1.165) is 58.2 Å². The van der Waals surface area contributed by atoms with E-state index < -0.39 is 19.4 Å². The molecule has 0 radical (unpaired) electrons. The first-order valence-corrected chi connectivity index (χ1v) is 18.4. The average Bonchev–Trinajstić information content (AvgIpc) is 2.85. The fraction of sp³-hybridized carbons (Fsp3) is 0.720. The van der Waals surface area contributed by atoms with Crippen molar-refractivity contribution in [3.05, 3.63) is 34.4 Å². The van der Waals surface area contributed by atoms with Gasteiger partial charge in [-0.05, 0) is 30.3 Å². The number of piperazine rings is 1. The lowest BCUT2D eigenvalue weighted by Gasteiger charge is -2.38. The number of carbonyl (C=O) groups excluding carboxylic acids is 1. The third kappa shape index (κ3) is 12.7. The largest absolute Gasteiger partial charge is 0.513 e. The van der Waals surface area contributed by atoms with E-state index in [1.807, 2.05) is 0 Å². The SMILES string of the molecule is CC(C)(C)[Si](C)(C)OCCN1CCN(CCOCCSSCCOC(=O)Oc2ccc([N+](=O)[O-])cc2)CC1. The monoisotopic (exact) mass is 589 g/mol.